The molecule has 1 heterocycles. The number of rotatable bonds is 9. The summed E-state index contributed by atoms with van der Waals surface area (Å²) in [5.41, 5.74) is 0.894. The Balaban J connectivity index is 1.80. The molecular weight excluding hydrogens is 346 g/mol. The molecule has 0 saturated heterocycles. The van der Waals surface area contributed by atoms with Crippen LogP contribution in [0.4, 0.5) is 0 Å². The number of nitrogens with one attached hydrogen (secondary N) is 1. The first-order valence-electron chi connectivity index (χ1n) is 8.01. The van der Waals surface area contributed by atoms with Gasteiger partial charge >= 0.3 is 0 Å². The van der Waals surface area contributed by atoms with Gasteiger partial charge in [-0.3, -0.25) is 4.79 Å². The molecule has 8 nitrogen and oxygen atoms in total. The number of benzene rings is 1. The molecule has 0 bridgehead atoms. The van der Waals surface area contributed by atoms with Crippen LogP contribution >= 0.6 is 0 Å². The van der Waals surface area contributed by atoms with Crippen LogP contribution in [0.5, 0.6) is 11.5 Å². The summed E-state index contributed by atoms with van der Waals surface area (Å²) in [6.07, 6.45) is 1.28. The molecule has 1 N–H and O–H groups in total. The predicted octanol–water partition coefficient (Wildman–Crippen LogP) is 0.245. The number of nitrogens with zero attached hydrogens (tertiary/aromatic N) is 2. The Labute approximate surface area is 148 Å². The average Bonchev–Trinajstić information content (AvgIpc) is 2.98. The number of fused-ring (bicyclic) bond motifs is 1. The molecule has 0 unspecified atom stereocenters. The van der Waals surface area contributed by atoms with Crippen molar-refractivity contribution in [3.63, 3.8) is 0 Å². The first-order valence-corrected chi connectivity index (χ1v) is 9.85. The van der Waals surface area contributed by atoms with E-state index in [9.17, 15) is 13.2 Å². The van der Waals surface area contributed by atoms with Crippen LogP contribution in [0, 0.1) is 0 Å². The van der Waals surface area contributed by atoms with E-state index in [2.05, 4.69) is 5.32 Å². The molecule has 1 aliphatic heterocycles. The summed E-state index contributed by atoms with van der Waals surface area (Å²) < 4.78 is 35.5. The smallest absolute Gasteiger partial charge is 0.231 e. The predicted molar refractivity (Wildman–Crippen MR) is 94.0 cm³/mol. The van der Waals surface area contributed by atoms with E-state index in [1.165, 1.54) is 4.31 Å². The van der Waals surface area contributed by atoms with Crippen LogP contribution in [0.2, 0.25) is 0 Å². The standard InChI is InChI=1S/C16H25N3O5S/c1-18(2)8-9-19(25(3,21)22)7-6-16(20)17-11-13-4-5-14-15(10-13)24-12-23-14/h4-5,10H,6-9,11-12H2,1-3H3,(H,17,20). The fourth-order valence-electron chi connectivity index (χ4n) is 2.32. The zero-order valence-corrected chi connectivity index (χ0v) is 15.6. The van der Waals surface area contributed by atoms with E-state index in [0.29, 0.717) is 31.1 Å². The van der Waals surface area contributed by atoms with E-state index >= 15 is 0 Å². The van der Waals surface area contributed by atoms with Crippen molar-refractivity contribution in [3.8, 4) is 11.5 Å². The highest BCUT2D eigenvalue weighted by atomic mass is 32.2. The van der Waals surface area contributed by atoms with Gasteiger partial charge in [0, 0.05) is 32.6 Å². The Bertz CT molecular complexity index is 706. The lowest BCUT2D eigenvalue weighted by atomic mass is 10.2. The molecule has 0 spiro atoms. The highest BCUT2D eigenvalue weighted by Crippen LogP contribution is 2.32. The van der Waals surface area contributed by atoms with Crippen LogP contribution in [-0.2, 0) is 21.4 Å². The third-order valence-electron chi connectivity index (χ3n) is 3.78. The van der Waals surface area contributed by atoms with Crippen molar-refractivity contribution in [2.45, 2.75) is 13.0 Å². The summed E-state index contributed by atoms with van der Waals surface area (Å²) >= 11 is 0. The Morgan fingerprint density at radius 3 is 2.56 bits per heavy atom. The van der Waals surface area contributed by atoms with Gasteiger partial charge in [0.15, 0.2) is 11.5 Å². The number of hydrogen-bond acceptors (Lipinski definition) is 6. The van der Waals surface area contributed by atoms with Crippen molar-refractivity contribution in [1.29, 1.82) is 0 Å². The van der Waals surface area contributed by atoms with Crippen LogP contribution in [0.15, 0.2) is 18.2 Å². The Kier molecular flexibility index (Phi) is 6.63. The maximum atomic E-state index is 12.0. The van der Waals surface area contributed by atoms with Crippen molar-refractivity contribution in [3.05, 3.63) is 23.8 Å². The van der Waals surface area contributed by atoms with Crippen molar-refractivity contribution < 1.29 is 22.7 Å². The van der Waals surface area contributed by atoms with Crippen molar-refractivity contribution in [2.75, 3.05) is 46.8 Å². The van der Waals surface area contributed by atoms with Gasteiger partial charge in [0.05, 0.1) is 6.26 Å². The highest BCUT2D eigenvalue weighted by molar-refractivity contribution is 7.88. The van der Waals surface area contributed by atoms with E-state index in [1.54, 1.807) is 6.07 Å². The van der Waals surface area contributed by atoms with Gasteiger partial charge in [-0.05, 0) is 31.8 Å². The quantitative estimate of drug-likeness (QED) is 0.669. The van der Waals surface area contributed by atoms with Crippen LogP contribution in [0.3, 0.4) is 0 Å². The minimum absolute atomic E-state index is 0.116. The molecule has 0 fully saturated rings. The molecule has 0 aromatic heterocycles. The second-order valence-electron chi connectivity index (χ2n) is 6.18. The van der Waals surface area contributed by atoms with Crippen molar-refractivity contribution in [2.24, 2.45) is 0 Å². The van der Waals surface area contributed by atoms with Gasteiger partial charge < -0.3 is 19.7 Å². The fraction of sp³-hybridized carbons (Fsp3) is 0.562. The van der Waals surface area contributed by atoms with E-state index < -0.39 is 10.0 Å². The number of carbonyl (C=O) groups excluding carboxylic acids is 1. The fourth-order valence-corrected chi connectivity index (χ4v) is 3.16. The Hall–Kier alpha value is -1.84. The largest absolute Gasteiger partial charge is 0.454 e. The van der Waals surface area contributed by atoms with Gasteiger partial charge in [0.25, 0.3) is 0 Å². The molecule has 1 aromatic rings. The van der Waals surface area contributed by atoms with E-state index in [4.69, 9.17) is 9.47 Å². The number of likely N-dealkylation sites (N-methyl/N-ethyl adjacent to an activating group) is 1. The first-order chi connectivity index (χ1) is 11.8. The van der Waals surface area contributed by atoms with Crippen molar-refractivity contribution in [1.82, 2.24) is 14.5 Å². The van der Waals surface area contributed by atoms with Crippen LogP contribution < -0.4 is 14.8 Å². The topological polar surface area (TPSA) is 88.2 Å². The molecular formula is C16H25N3O5S. The summed E-state index contributed by atoms with van der Waals surface area (Å²) in [5, 5.41) is 2.79. The third kappa shape index (κ3) is 6.18. The number of amides is 1. The molecule has 1 amide bonds. The zero-order valence-electron chi connectivity index (χ0n) is 14.8. The van der Waals surface area contributed by atoms with E-state index in [1.807, 2.05) is 31.1 Å². The van der Waals surface area contributed by atoms with Crippen LogP contribution in [0.25, 0.3) is 0 Å². The number of hydrogen-bond donors (Lipinski definition) is 1. The van der Waals surface area contributed by atoms with Gasteiger partial charge in [-0.25, -0.2) is 12.7 Å². The Morgan fingerprint density at radius 1 is 1.16 bits per heavy atom. The van der Waals surface area contributed by atoms with Gasteiger partial charge in [-0.2, -0.15) is 0 Å². The first kappa shape index (κ1) is 19.5. The van der Waals surface area contributed by atoms with Gasteiger partial charge in [-0.15, -0.1) is 0 Å². The van der Waals surface area contributed by atoms with Gasteiger partial charge in [-0.1, -0.05) is 6.07 Å². The van der Waals surface area contributed by atoms with E-state index in [0.717, 1.165) is 11.8 Å². The normalized spacial score (nSPS) is 13.5. The summed E-state index contributed by atoms with van der Waals surface area (Å²) in [7, 11) is 0.413. The maximum Gasteiger partial charge on any atom is 0.231 e. The number of sulfonamides is 1. The molecule has 25 heavy (non-hydrogen) atoms. The maximum absolute atomic E-state index is 12.0. The molecule has 1 aliphatic rings. The van der Waals surface area contributed by atoms with Crippen LogP contribution in [0.1, 0.15) is 12.0 Å². The summed E-state index contributed by atoms with van der Waals surface area (Å²) in [6.45, 7) is 1.69. The van der Waals surface area contributed by atoms with Gasteiger partial charge in [0.1, 0.15) is 0 Å². The minimum Gasteiger partial charge on any atom is -0.454 e. The average molecular weight is 371 g/mol. The van der Waals surface area contributed by atoms with Crippen molar-refractivity contribution >= 4 is 15.9 Å². The molecule has 0 radical (unpaired) electrons. The van der Waals surface area contributed by atoms with E-state index in [-0.39, 0.29) is 25.7 Å². The second kappa shape index (κ2) is 8.50. The highest BCUT2D eigenvalue weighted by Gasteiger charge is 2.18. The molecule has 0 saturated carbocycles. The molecule has 0 aliphatic carbocycles. The summed E-state index contributed by atoms with van der Waals surface area (Å²) in [6, 6.07) is 5.48. The molecule has 140 valence electrons. The SMILES string of the molecule is CN(C)CCN(CCC(=O)NCc1ccc2c(c1)OCO2)S(C)(=O)=O. The van der Waals surface area contributed by atoms with Crippen LogP contribution in [-0.4, -0.2) is 70.3 Å². The lowest BCUT2D eigenvalue weighted by Gasteiger charge is -2.21. The molecule has 1 aromatic carbocycles. The zero-order chi connectivity index (χ0) is 18.4. The molecule has 0 atom stereocenters. The number of ether oxygens (including phenoxy) is 2. The lowest BCUT2D eigenvalue weighted by Crippen LogP contribution is -2.38. The monoisotopic (exact) mass is 371 g/mol. The lowest BCUT2D eigenvalue weighted by molar-refractivity contribution is -0.121. The molecule has 9 heteroatoms. The third-order valence-corrected chi connectivity index (χ3v) is 5.08. The molecule has 2 rings (SSSR count). The summed E-state index contributed by atoms with van der Waals surface area (Å²) in [4.78, 5) is 13.9. The Morgan fingerprint density at radius 2 is 1.88 bits per heavy atom. The number of carbonyl (C=O) groups is 1. The second-order valence-corrected chi connectivity index (χ2v) is 8.16. The van der Waals surface area contributed by atoms with Gasteiger partial charge in [0.2, 0.25) is 22.7 Å². The minimum atomic E-state index is -3.33. The summed E-state index contributed by atoms with van der Waals surface area (Å²) in [5.74, 6) is 1.16.